The first kappa shape index (κ1) is 14.2. The molecule has 0 aromatic carbocycles. The van der Waals surface area contributed by atoms with E-state index in [1.165, 1.54) is 25.7 Å². The van der Waals surface area contributed by atoms with E-state index in [9.17, 15) is 4.79 Å². The Morgan fingerprint density at radius 1 is 1.37 bits per heavy atom. The van der Waals surface area contributed by atoms with Crippen LogP contribution < -0.4 is 16.6 Å². The number of carbonyl (C=O) groups is 1. The lowest BCUT2D eigenvalue weighted by atomic mass is 9.67. The fourth-order valence-electron chi connectivity index (χ4n) is 4.27. The smallest absolute Gasteiger partial charge is 0.330 e. The molecule has 2 bridgehead atoms. The summed E-state index contributed by atoms with van der Waals surface area (Å²) in [7, 11) is 0. The molecule has 0 radical (unpaired) electrons. The molecule has 0 aliphatic heterocycles. The molecule has 0 heterocycles. The molecule has 2 aliphatic rings. The zero-order chi connectivity index (χ0) is 14.0. The molecule has 0 saturated heterocycles. The van der Waals surface area contributed by atoms with Crippen LogP contribution in [0.3, 0.4) is 0 Å². The average Bonchev–Trinajstić information content (AvgIpc) is 2.88. The lowest BCUT2D eigenvalue weighted by Crippen LogP contribution is -2.39. The van der Waals surface area contributed by atoms with E-state index < -0.39 is 6.03 Å². The van der Waals surface area contributed by atoms with Gasteiger partial charge in [0.15, 0.2) is 0 Å². The van der Waals surface area contributed by atoms with Gasteiger partial charge in [0, 0.05) is 5.70 Å². The number of carbonyl (C=O) groups excluding carboxylic acids is 1. The first-order valence-corrected chi connectivity index (χ1v) is 7.39. The van der Waals surface area contributed by atoms with Gasteiger partial charge in [-0.1, -0.05) is 19.9 Å². The predicted molar refractivity (Wildman–Crippen MR) is 76.9 cm³/mol. The number of hydrogen-bond acceptors (Lipinski definition) is 2. The minimum absolute atomic E-state index is 0.517. The minimum Gasteiger partial charge on any atom is -0.350 e. The number of hydrazine groups is 1. The van der Waals surface area contributed by atoms with Crippen LogP contribution in [0.1, 0.15) is 52.9 Å². The molecule has 0 spiro atoms. The quantitative estimate of drug-likeness (QED) is 0.669. The number of primary amides is 1. The predicted octanol–water partition coefficient (Wildman–Crippen LogP) is 2.92. The average molecular weight is 265 g/mol. The normalized spacial score (nSPS) is 32.4. The fraction of sp³-hybridized carbons (Fsp3) is 0.800. The summed E-state index contributed by atoms with van der Waals surface area (Å²) in [5.41, 5.74) is 11.7. The van der Waals surface area contributed by atoms with Gasteiger partial charge in [-0.15, -0.1) is 0 Å². The first-order chi connectivity index (χ1) is 8.91. The molecule has 2 amide bonds. The van der Waals surface area contributed by atoms with Crippen LogP contribution in [-0.4, -0.2) is 6.03 Å². The number of fused-ring (bicyclic) bond motifs is 2. The Balaban J connectivity index is 1.79. The Kier molecular flexibility index (Phi) is 4.07. The largest absolute Gasteiger partial charge is 0.350 e. The van der Waals surface area contributed by atoms with E-state index in [2.05, 4.69) is 30.8 Å². The highest BCUT2D eigenvalue weighted by molar-refractivity contribution is 5.71. The lowest BCUT2D eigenvalue weighted by molar-refractivity contribution is 0.115. The van der Waals surface area contributed by atoms with Crippen LogP contribution in [-0.2, 0) is 0 Å². The Morgan fingerprint density at radius 2 is 2.11 bits per heavy atom. The molecule has 19 heavy (non-hydrogen) atoms. The van der Waals surface area contributed by atoms with E-state index in [-0.39, 0.29) is 0 Å². The minimum atomic E-state index is -0.554. The van der Waals surface area contributed by atoms with E-state index >= 15 is 0 Å². The summed E-state index contributed by atoms with van der Waals surface area (Å²) < 4.78 is 0. The van der Waals surface area contributed by atoms with Gasteiger partial charge in [-0.3, -0.25) is 5.43 Å². The molecule has 2 saturated carbocycles. The van der Waals surface area contributed by atoms with Crippen molar-refractivity contribution in [2.24, 2.45) is 28.9 Å². The van der Waals surface area contributed by atoms with Crippen molar-refractivity contribution in [3.63, 3.8) is 0 Å². The second kappa shape index (κ2) is 5.43. The zero-order valence-electron chi connectivity index (χ0n) is 12.3. The summed E-state index contributed by atoms with van der Waals surface area (Å²) in [6.07, 6.45) is 8.79. The van der Waals surface area contributed by atoms with E-state index in [1.54, 1.807) is 0 Å². The molecule has 108 valence electrons. The zero-order valence-corrected chi connectivity index (χ0v) is 12.3. The van der Waals surface area contributed by atoms with E-state index in [1.807, 2.05) is 6.92 Å². The molecule has 0 unspecified atom stereocenters. The number of amides is 2. The molecule has 4 nitrogen and oxygen atoms in total. The SMILES string of the molecule is C/C(=C/CC[C@H]1[C@@H]2CC[C@@H](C2)C1(C)C)NNC(N)=O. The summed E-state index contributed by atoms with van der Waals surface area (Å²) >= 11 is 0. The molecular formula is C15H27N3O. The topological polar surface area (TPSA) is 67.2 Å². The standard InChI is InChI=1S/C15H27N3O/c1-10(17-18-14(16)19)5-4-6-13-11-7-8-12(9-11)15(13,2)3/h5,11-13,17H,4,6-9H2,1-3H3,(H3,16,18,19)/b10-5-/t11-,12+,13+/m1/s1. The van der Waals surface area contributed by atoms with Crippen LogP contribution in [0.2, 0.25) is 0 Å². The first-order valence-electron chi connectivity index (χ1n) is 7.39. The maximum absolute atomic E-state index is 10.6. The lowest BCUT2D eigenvalue weighted by Gasteiger charge is -2.38. The third kappa shape index (κ3) is 3.04. The highest BCUT2D eigenvalue weighted by Crippen LogP contribution is 2.60. The van der Waals surface area contributed by atoms with Crippen molar-refractivity contribution >= 4 is 6.03 Å². The van der Waals surface area contributed by atoms with Gasteiger partial charge in [-0.05, 0) is 62.2 Å². The second-order valence-corrected chi connectivity index (χ2v) is 6.78. The monoisotopic (exact) mass is 265 g/mol. The molecule has 0 aromatic heterocycles. The van der Waals surface area contributed by atoms with Crippen LogP contribution >= 0.6 is 0 Å². The van der Waals surface area contributed by atoms with Crippen molar-refractivity contribution in [2.75, 3.05) is 0 Å². The molecule has 4 N–H and O–H groups in total. The van der Waals surface area contributed by atoms with Gasteiger partial charge in [-0.2, -0.15) is 0 Å². The maximum Gasteiger partial charge on any atom is 0.330 e. The van der Waals surface area contributed by atoms with Crippen LogP contribution in [0.4, 0.5) is 4.79 Å². The molecule has 2 aliphatic carbocycles. The van der Waals surface area contributed by atoms with Crippen molar-refractivity contribution in [3.05, 3.63) is 11.8 Å². The van der Waals surface area contributed by atoms with Crippen LogP contribution in [0.15, 0.2) is 11.8 Å². The number of hydrogen-bond donors (Lipinski definition) is 3. The highest BCUT2D eigenvalue weighted by Gasteiger charge is 2.51. The van der Waals surface area contributed by atoms with Crippen molar-refractivity contribution in [1.82, 2.24) is 10.9 Å². The van der Waals surface area contributed by atoms with E-state index in [0.29, 0.717) is 5.41 Å². The summed E-state index contributed by atoms with van der Waals surface area (Å²) in [6, 6.07) is -0.554. The molecule has 0 aromatic rings. The molecular weight excluding hydrogens is 238 g/mol. The number of nitrogens with one attached hydrogen (secondary N) is 2. The third-order valence-electron chi connectivity index (χ3n) is 5.36. The van der Waals surface area contributed by atoms with Crippen LogP contribution in [0.25, 0.3) is 0 Å². The maximum atomic E-state index is 10.6. The van der Waals surface area contributed by atoms with Gasteiger partial charge in [0.25, 0.3) is 0 Å². The van der Waals surface area contributed by atoms with Gasteiger partial charge in [0.1, 0.15) is 0 Å². The van der Waals surface area contributed by atoms with Gasteiger partial charge in [0.05, 0.1) is 0 Å². The molecule has 3 atom stereocenters. The van der Waals surface area contributed by atoms with Gasteiger partial charge in [-0.25, -0.2) is 4.79 Å². The van der Waals surface area contributed by atoms with Crippen molar-refractivity contribution in [2.45, 2.75) is 52.9 Å². The Bertz CT molecular complexity index is 376. The third-order valence-corrected chi connectivity index (χ3v) is 5.36. The number of rotatable bonds is 5. The van der Waals surface area contributed by atoms with Gasteiger partial charge in [0.2, 0.25) is 0 Å². The fourth-order valence-corrected chi connectivity index (χ4v) is 4.27. The van der Waals surface area contributed by atoms with E-state index in [0.717, 1.165) is 29.9 Å². The van der Waals surface area contributed by atoms with Gasteiger partial charge >= 0.3 is 6.03 Å². The van der Waals surface area contributed by atoms with Crippen molar-refractivity contribution in [3.8, 4) is 0 Å². The Morgan fingerprint density at radius 3 is 2.68 bits per heavy atom. The molecule has 4 heteroatoms. The second-order valence-electron chi connectivity index (χ2n) is 6.78. The summed E-state index contributed by atoms with van der Waals surface area (Å²) in [5, 5.41) is 0. The van der Waals surface area contributed by atoms with Crippen molar-refractivity contribution in [1.29, 1.82) is 0 Å². The van der Waals surface area contributed by atoms with Crippen LogP contribution in [0.5, 0.6) is 0 Å². The summed E-state index contributed by atoms with van der Waals surface area (Å²) in [4.78, 5) is 10.6. The Hall–Kier alpha value is -1.19. The number of nitrogens with two attached hydrogens (primary N) is 1. The summed E-state index contributed by atoms with van der Waals surface area (Å²) in [5.74, 6) is 2.76. The van der Waals surface area contributed by atoms with E-state index in [4.69, 9.17) is 5.73 Å². The highest BCUT2D eigenvalue weighted by atomic mass is 16.2. The number of urea groups is 1. The van der Waals surface area contributed by atoms with Crippen molar-refractivity contribution < 1.29 is 4.79 Å². The molecule has 2 fully saturated rings. The number of allylic oxidation sites excluding steroid dienone is 2. The van der Waals surface area contributed by atoms with Crippen LogP contribution in [0, 0.1) is 23.2 Å². The molecule has 2 rings (SSSR count). The summed E-state index contributed by atoms with van der Waals surface area (Å²) in [6.45, 7) is 6.85. The Labute approximate surface area is 116 Å². The van der Waals surface area contributed by atoms with Gasteiger partial charge < -0.3 is 11.2 Å².